The third-order valence-electron chi connectivity index (χ3n) is 4.43. The van der Waals surface area contributed by atoms with E-state index in [4.69, 9.17) is 9.15 Å². The standard InChI is InChI=1S/C18H24N4O4/c1-3-22-12-14(16(20-22)18(24)25-2)19-17(23)15-8-7-13(26-15)11-21-9-5-4-6-10-21/h7-8,12H,3-6,9-11H2,1-2H3,(H,19,23). The molecule has 1 N–H and O–H groups in total. The first-order chi connectivity index (χ1) is 12.6. The molecule has 140 valence electrons. The number of methoxy groups -OCH3 is 1. The maximum Gasteiger partial charge on any atom is 0.360 e. The molecule has 0 unspecified atom stereocenters. The number of aromatic nitrogens is 2. The van der Waals surface area contributed by atoms with E-state index in [0.29, 0.717) is 18.8 Å². The highest BCUT2D eigenvalue weighted by Gasteiger charge is 2.21. The second-order valence-corrected chi connectivity index (χ2v) is 6.30. The summed E-state index contributed by atoms with van der Waals surface area (Å²) < 4.78 is 12.0. The molecule has 3 rings (SSSR count). The number of hydrogen-bond acceptors (Lipinski definition) is 6. The fourth-order valence-electron chi connectivity index (χ4n) is 3.03. The van der Waals surface area contributed by atoms with Crippen LogP contribution in [-0.2, 0) is 17.8 Å². The Morgan fingerprint density at radius 3 is 2.73 bits per heavy atom. The Labute approximate surface area is 152 Å². The van der Waals surface area contributed by atoms with Crippen LogP contribution in [0.25, 0.3) is 0 Å². The van der Waals surface area contributed by atoms with Crippen molar-refractivity contribution < 1.29 is 18.7 Å². The van der Waals surface area contributed by atoms with E-state index in [1.165, 1.54) is 26.4 Å². The van der Waals surface area contributed by atoms with E-state index in [1.54, 1.807) is 16.9 Å². The molecule has 0 saturated carbocycles. The summed E-state index contributed by atoms with van der Waals surface area (Å²) in [6.45, 7) is 5.27. The van der Waals surface area contributed by atoms with Crippen molar-refractivity contribution in [1.29, 1.82) is 0 Å². The van der Waals surface area contributed by atoms with Crippen LogP contribution >= 0.6 is 0 Å². The second kappa shape index (κ2) is 8.18. The van der Waals surface area contributed by atoms with Crippen LogP contribution in [0.3, 0.4) is 0 Å². The van der Waals surface area contributed by atoms with Crippen LogP contribution < -0.4 is 5.32 Å². The Kier molecular flexibility index (Phi) is 5.72. The first-order valence-electron chi connectivity index (χ1n) is 8.89. The molecule has 0 radical (unpaired) electrons. The van der Waals surface area contributed by atoms with Gasteiger partial charge in [-0.05, 0) is 45.0 Å². The smallest absolute Gasteiger partial charge is 0.360 e. The van der Waals surface area contributed by atoms with Gasteiger partial charge in [0.25, 0.3) is 5.91 Å². The predicted octanol–water partition coefficient (Wildman–Crippen LogP) is 2.52. The van der Waals surface area contributed by atoms with E-state index in [1.807, 2.05) is 13.0 Å². The van der Waals surface area contributed by atoms with E-state index < -0.39 is 11.9 Å². The Hall–Kier alpha value is -2.61. The number of piperidine rings is 1. The highest BCUT2D eigenvalue weighted by atomic mass is 16.5. The topological polar surface area (TPSA) is 89.6 Å². The molecule has 2 aromatic rings. The van der Waals surface area contributed by atoms with Gasteiger partial charge < -0.3 is 14.5 Å². The maximum atomic E-state index is 12.5. The van der Waals surface area contributed by atoms with Crippen molar-refractivity contribution in [3.63, 3.8) is 0 Å². The molecule has 8 heteroatoms. The SMILES string of the molecule is CCn1cc(NC(=O)c2ccc(CN3CCCCC3)o2)c(C(=O)OC)n1. The number of carbonyl (C=O) groups is 2. The number of anilines is 1. The molecule has 1 fully saturated rings. The lowest BCUT2D eigenvalue weighted by Gasteiger charge is -2.25. The molecule has 8 nitrogen and oxygen atoms in total. The number of esters is 1. The first-order valence-corrected chi connectivity index (χ1v) is 8.89. The number of hydrogen-bond donors (Lipinski definition) is 1. The summed E-state index contributed by atoms with van der Waals surface area (Å²) >= 11 is 0. The highest BCUT2D eigenvalue weighted by Crippen LogP contribution is 2.19. The van der Waals surface area contributed by atoms with Crippen LogP contribution in [0.15, 0.2) is 22.7 Å². The molecule has 1 aliphatic rings. The van der Waals surface area contributed by atoms with E-state index >= 15 is 0 Å². The number of amides is 1. The van der Waals surface area contributed by atoms with Gasteiger partial charge in [-0.2, -0.15) is 5.10 Å². The van der Waals surface area contributed by atoms with E-state index in [2.05, 4.69) is 15.3 Å². The lowest BCUT2D eigenvalue weighted by molar-refractivity contribution is 0.0594. The molecule has 0 aliphatic carbocycles. The van der Waals surface area contributed by atoms with Gasteiger partial charge in [0, 0.05) is 12.7 Å². The maximum absolute atomic E-state index is 12.5. The molecule has 0 atom stereocenters. The zero-order chi connectivity index (χ0) is 18.5. The van der Waals surface area contributed by atoms with Crippen LogP contribution in [0, 0.1) is 0 Å². The van der Waals surface area contributed by atoms with Crippen LogP contribution in [0.5, 0.6) is 0 Å². The van der Waals surface area contributed by atoms with Crippen molar-refractivity contribution in [3.8, 4) is 0 Å². The molecule has 26 heavy (non-hydrogen) atoms. The number of furan rings is 1. The highest BCUT2D eigenvalue weighted by molar-refractivity contribution is 6.05. The van der Waals surface area contributed by atoms with Crippen LogP contribution in [0.2, 0.25) is 0 Å². The van der Waals surface area contributed by atoms with Crippen molar-refractivity contribution in [3.05, 3.63) is 35.5 Å². The van der Waals surface area contributed by atoms with Gasteiger partial charge in [0.15, 0.2) is 11.5 Å². The molecule has 1 amide bonds. The zero-order valence-electron chi connectivity index (χ0n) is 15.2. The van der Waals surface area contributed by atoms with Gasteiger partial charge in [-0.15, -0.1) is 0 Å². The minimum absolute atomic E-state index is 0.0720. The van der Waals surface area contributed by atoms with Gasteiger partial charge in [-0.1, -0.05) is 6.42 Å². The minimum Gasteiger partial charge on any atom is -0.464 e. The third kappa shape index (κ3) is 4.13. The summed E-state index contributed by atoms with van der Waals surface area (Å²) in [5.41, 5.74) is 0.375. The monoisotopic (exact) mass is 360 g/mol. The minimum atomic E-state index is -0.599. The number of aryl methyl sites for hydroxylation is 1. The van der Waals surface area contributed by atoms with Crippen LogP contribution in [0.4, 0.5) is 5.69 Å². The van der Waals surface area contributed by atoms with Gasteiger partial charge >= 0.3 is 5.97 Å². The average Bonchev–Trinajstić information content (AvgIpc) is 3.29. The quantitative estimate of drug-likeness (QED) is 0.796. The predicted molar refractivity (Wildman–Crippen MR) is 95.0 cm³/mol. The molecule has 2 aromatic heterocycles. The number of nitrogens with zero attached hydrogens (tertiary/aromatic N) is 3. The average molecular weight is 360 g/mol. The van der Waals surface area contributed by atoms with Gasteiger partial charge in [0.1, 0.15) is 5.76 Å². The molecule has 3 heterocycles. The Morgan fingerprint density at radius 1 is 1.27 bits per heavy atom. The summed E-state index contributed by atoms with van der Waals surface area (Å²) in [4.78, 5) is 26.6. The van der Waals surface area contributed by atoms with E-state index in [0.717, 1.165) is 18.8 Å². The summed E-state index contributed by atoms with van der Waals surface area (Å²) in [7, 11) is 1.28. The van der Waals surface area contributed by atoms with Crippen LogP contribution in [0.1, 0.15) is 53.0 Å². The number of rotatable bonds is 6. The molecule has 1 aliphatic heterocycles. The van der Waals surface area contributed by atoms with Gasteiger partial charge in [0.2, 0.25) is 0 Å². The summed E-state index contributed by atoms with van der Waals surface area (Å²) in [5, 5.41) is 6.80. The second-order valence-electron chi connectivity index (χ2n) is 6.30. The lowest BCUT2D eigenvalue weighted by Crippen LogP contribution is -2.28. The Bertz CT molecular complexity index is 774. The summed E-state index contributed by atoms with van der Waals surface area (Å²) in [6, 6.07) is 3.47. The Balaban J connectivity index is 1.68. The lowest BCUT2D eigenvalue weighted by atomic mass is 10.1. The summed E-state index contributed by atoms with van der Waals surface area (Å²) in [5.74, 6) is -0.0556. The molecule has 0 bridgehead atoms. The van der Waals surface area contributed by atoms with Crippen molar-refractivity contribution >= 4 is 17.6 Å². The normalized spacial score (nSPS) is 15.0. The molecular formula is C18H24N4O4. The molecule has 1 saturated heterocycles. The van der Waals surface area contributed by atoms with Gasteiger partial charge in [-0.25, -0.2) is 4.79 Å². The number of nitrogens with one attached hydrogen (secondary N) is 1. The summed E-state index contributed by atoms with van der Waals surface area (Å²) in [6.07, 6.45) is 5.27. The van der Waals surface area contributed by atoms with Crippen LogP contribution in [-0.4, -0.2) is 46.8 Å². The van der Waals surface area contributed by atoms with Crippen molar-refractivity contribution in [1.82, 2.24) is 14.7 Å². The fraction of sp³-hybridized carbons (Fsp3) is 0.500. The number of carbonyl (C=O) groups excluding carboxylic acids is 2. The zero-order valence-corrected chi connectivity index (χ0v) is 15.2. The van der Waals surface area contributed by atoms with Crippen molar-refractivity contribution in [2.45, 2.75) is 39.3 Å². The molecule has 0 spiro atoms. The molecule has 0 aromatic carbocycles. The largest absolute Gasteiger partial charge is 0.464 e. The van der Waals surface area contributed by atoms with E-state index in [9.17, 15) is 9.59 Å². The van der Waals surface area contributed by atoms with Crippen molar-refractivity contribution in [2.75, 3.05) is 25.5 Å². The first kappa shape index (κ1) is 18.2. The molecular weight excluding hydrogens is 336 g/mol. The van der Waals surface area contributed by atoms with Gasteiger partial charge in [-0.3, -0.25) is 14.4 Å². The Morgan fingerprint density at radius 2 is 2.04 bits per heavy atom. The van der Waals surface area contributed by atoms with Crippen molar-refractivity contribution in [2.24, 2.45) is 0 Å². The number of ether oxygens (including phenoxy) is 1. The van der Waals surface area contributed by atoms with Gasteiger partial charge in [0.05, 0.1) is 19.3 Å². The fourth-order valence-corrected chi connectivity index (χ4v) is 3.03. The number of likely N-dealkylation sites (tertiary alicyclic amines) is 1. The third-order valence-corrected chi connectivity index (χ3v) is 4.43. The van der Waals surface area contributed by atoms with E-state index in [-0.39, 0.29) is 11.5 Å².